The number of nitrogens with one attached hydrogen (secondary N) is 1. The van der Waals surface area contributed by atoms with E-state index in [0.29, 0.717) is 12.0 Å². The lowest BCUT2D eigenvalue weighted by atomic mass is 9.72. The largest absolute Gasteiger partial charge is 0.482 e. The molecule has 0 fully saturated rings. The molecule has 8 heteroatoms. The Bertz CT molecular complexity index is 1320. The van der Waals surface area contributed by atoms with E-state index in [4.69, 9.17) is 9.84 Å². The van der Waals surface area contributed by atoms with E-state index in [1.54, 1.807) is 12.1 Å². The Morgan fingerprint density at radius 3 is 2.38 bits per heavy atom. The van der Waals surface area contributed by atoms with Crippen molar-refractivity contribution in [3.8, 4) is 5.75 Å². The van der Waals surface area contributed by atoms with Crippen molar-refractivity contribution in [1.29, 1.82) is 0 Å². The van der Waals surface area contributed by atoms with Crippen LogP contribution >= 0.6 is 0 Å². The molecule has 0 aliphatic heterocycles. The summed E-state index contributed by atoms with van der Waals surface area (Å²) >= 11 is 0. The fraction of sp³-hybridized carbons (Fsp3) is 0.382. The molecule has 1 aliphatic carbocycles. The Hall–Kier alpha value is -4.33. The molecule has 1 aromatic carbocycles. The van der Waals surface area contributed by atoms with Crippen molar-refractivity contribution in [2.24, 2.45) is 5.41 Å². The number of aliphatic carboxylic acids is 1. The van der Waals surface area contributed by atoms with Crippen LogP contribution < -0.4 is 10.1 Å². The number of aldehydes is 1. The number of benzene rings is 1. The number of carboxylic acid groups (broad SMARTS) is 1. The summed E-state index contributed by atoms with van der Waals surface area (Å²) in [6.45, 7) is 10.7. The van der Waals surface area contributed by atoms with Crippen LogP contribution in [0.15, 0.2) is 83.0 Å². The standard InChI is InChI=1S/C34H41NO7/c1-23(14-19-28-25(3)12-9-20-34(28,4)5)10-8-11-24(2)22-30(37)35-26-15-17-27(18-16-26)42-29(13-6-7-21-36)31(38)32(39)33(40)41/h8,10-11,14-19,21-22,29H,6-7,9,12-13,20H2,1-5H3,(H,35,37)(H,40,41)/b11-8+,19-14+,23-10+,24-22+. The van der Waals surface area contributed by atoms with Gasteiger partial charge in [0.2, 0.25) is 5.91 Å². The van der Waals surface area contributed by atoms with Crippen LogP contribution in [0.5, 0.6) is 5.75 Å². The van der Waals surface area contributed by atoms with Crippen LogP contribution in [0.25, 0.3) is 0 Å². The summed E-state index contributed by atoms with van der Waals surface area (Å²) in [4.78, 5) is 57.8. The third-order valence-electron chi connectivity index (χ3n) is 7.03. The lowest BCUT2D eigenvalue weighted by Gasteiger charge is -2.32. The average molecular weight is 576 g/mol. The van der Waals surface area contributed by atoms with Gasteiger partial charge in [-0.3, -0.25) is 14.4 Å². The first-order valence-corrected chi connectivity index (χ1v) is 14.1. The monoisotopic (exact) mass is 575 g/mol. The molecule has 224 valence electrons. The summed E-state index contributed by atoms with van der Waals surface area (Å²) in [5.74, 6) is -4.76. The highest BCUT2D eigenvalue weighted by molar-refractivity contribution is 6.62. The minimum atomic E-state index is -1.87. The quantitative estimate of drug-likeness (QED) is 0.0611. The van der Waals surface area contributed by atoms with Crippen molar-refractivity contribution in [3.05, 3.63) is 83.0 Å². The minimum Gasteiger partial charge on any atom is -0.482 e. The van der Waals surface area contributed by atoms with E-state index in [9.17, 15) is 24.0 Å². The molecule has 1 atom stereocenters. The number of amides is 1. The molecular weight excluding hydrogens is 534 g/mol. The topological polar surface area (TPSA) is 127 Å². The highest BCUT2D eigenvalue weighted by atomic mass is 16.5. The van der Waals surface area contributed by atoms with Crippen molar-refractivity contribution >= 4 is 35.4 Å². The molecule has 0 saturated heterocycles. The van der Waals surface area contributed by atoms with E-state index >= 15 is 0 Å². The summed E-state index contributed by atoms with van der Waals surface area (Å²) in [5, 5.41) is 11.6. The van der Waals surface area contributed by atoms with Crippen molar-refractivity contribution in [3.63, 3.8) is 0 Å². The van der Waals surface area contributed by atoms with Crippen molar-refractivity contribution < 1.29 is 33.8 Å². The number of rotatable bonds is 15. The number of unbranched alkanes of at least 4 members (excludes halogenated alkanes) is 1. The zero-order valence-corrected chi connectivity index (χ0v) is 25.1. The van der Waals surface area contributed by atoms with Crippen LogP contribution in [0.4, 0.5) is 5.69 Å². The highest BCUT2D eigenvalue weighted by Gasteiger charge is 2.31. The predicted molar refractivity (Wildman–Crippen MR) is 163 cm³/mol. The molecule has 0 bridgehead atoms. The van der Waals surface area contributed by atoms with Crippen LogP contribution in [0, 0.1) is 5.41 Å². The highest BCUT2D eigenvalue weighted by Crippen LogP contribution is 2.40. The lowest BCUT2D eigenvalue weighted by Crippen LogP contribution is -2.37. The van der Waals surface area contributed by atoms with Crippen LogP contribution in [-0.2, 0) is 24.0 Å². The molecule has 0 spiro atoms. The number of carbonyl (C=O) groups excluding carboxylic acids is 4. The van der Waals surface area contributed by atoms with E-state index in [-0.39, 0.29) is 36.3 Å². The molecule has 42 heavy (non-hydrogen) atoms. The molecule has 0 aromatic heterocycles. The number of anilines is 1. The summed E-state index contributed by atoms with van der Waals surface area (Å²) in [7, 11) is 0. The van der Waals surface area contributed by atoms with E-state index in [0.717, 1.165) is 17.6 Å². The number of carbonyl (C=O) groups is 5. The first kappa shape index (κ1) is 33.9. The molecule has 0 heterocycles. The van der Waals surface area contributed by atoms with Gasteiger partial charge in [-0.25, -0.2) is 4.79 Å². The zero-order chi connectivity index (χ0) is 31.3. The molecule has 0 radical (unpaired) electrons. The first-order chi connectivity index (χ1) is 19.8. The minimum absolute atomic E-state index is 0.00754. The van der Waals surface area contributed by atoms with E-state index in [1.807, 2.05) is 32.1 Å². The smallest absolute Gasteiger partial charge is 0.380 e. The molecule has 8 nitrogen and oxygen atoms in total. The number of ether oxygens (including phenoxy) is 1. The molecule has 2 N–H and O–H groups in total. The predicted octanol–water partition coefficient (Wildman–Crippen LogP) is 6.50. The van der Waals surface area contributed by atoms with Gasteiger partial charge in [-0.2, -0.15) is 0 Å². The summed E-state index contributed by atoms with van der Waals surface area (Å²) < 4.78 is 5.55. The average Bonchev–Trinajstić information content (AvgIpc) is 2.92. The molecule has 1 unspecified atom stereocenters. The molecule has 1 aromatic rings. The van der Waals surface area contributed by atoms with E-state index in [2.05, 4.69) is 38.2 Å². The van der Waals surface area contributed by atoms with Crippen LogP contribution in [-0.4, -0.2) is 40.9 Å². The van der Waals surface area contributed by atoms with E-state index < -0.39 is 23.6 Å². The van der Waals surface area contributed by atoms with Gasteiger partial charge in [-0.1, -0.05) is 55.4 Å². The Balaban J connectivity index is 1.97. The fourth-order valence-corrected chi connectivity index (χ4v) is 4.73. The van der Waals surface area contributed by atoms with Gasteiger partial charge in [-0.05, 0) is 93.7 Å². The molecule has 1 amide bonds. The first-order valence-electron chi connectivity index (χ1n) is 14.1. The number of allylic oxidation sites excluding steroid dienone is 9. The summed E-state index contributed by atoms with van der Waals surface area (Å²) in [6, 6.07) is 6.09. The third-order valence-corrected chi connectivity index (χ3v) is 7.03. The van der Waals surface area contributed by atoms with Crippen molar-refractivity contribution in [1.82, 2.24) is 0 Å². The van der Waals surface area contributed by atoms with Gasteiger partial charge in [0.05, 0.1) is 0 Å². The molecule has 1 aliphatic rings. The van der Waals surface area contributed by atoms with Gasteiger partial charge in [-0.15, -0.1) is 0 Å². The van der Waals surface area contributed by atoms with Gasteiger partial charge in [0.25, 0.3) is 5.78 Å². The van der Waals surface area contributed by atoms with Gasteiger partial charge in [0, 0.05) is 18.2 Å². The third kappa shape index (κ3) is 10.9. The number of hydrogen-bond acceptors (Lipinski definition) is 6. The lowest BCUT2D eigenvalue weighted by molar-refractivity contribution is -0.154. The van der Waals surface area contributed by atoms with Gasteiger partial charge >= 0.3 is 11.8 Å². The van der Waals surface area contributed by atoms with Crippen LogP contribution in [0.2, 0.25) is 0 Å². The SMILES string of the molecule is CC1=C(/C=C/C(C)=C/C=C/C(C)=C/C(=O)Nc2ccc(OC(CCCC=O)C(=O)C(=O)C(=O)O)cc2)C(C)(C)CCC1. The maximum absolute atomic E-state index is 12.5. The zero-order valence-electron chi connectivity index (χ0n) is 25.1. The normalized spacial score (nSPS) is 16.4. The van der Waals surface area contributed by atoms with E-state index in [1.165, 1.54) is 42.2 Å². The molecule has 2 rings (SSSR count). The second-order valence-electron chi connectivity index (χ2n) is 11.1. The van der Waals surface area contributed by atoms with Crippen LogP contribution in [0.1, 0.15) is 73.1 Å². The summed E-state index contributed by atoms with van der Waals surface area (Å²) in [5.41, 5.74) is 5.39. The van der Waals surface area contributed by atoms with Crippen molar-refractivity contribution in [2.75, 3.05) is 5.32 Å². The number of hydrogen-bond donors (Lipinski definition) is 2. The molecular formula is C34H41NO7. The van der Waals surface area contributed by atoms with Crippen molar-refractivity contribution in [2.45, 2.75) is 79.2 Å². The maximum atomic E-state index is 12.5. The molecule has 0 saturated carbocycles. The Labute approximate surface area is 247 Å². The second-order valence-corrected chi connectivity index (χ2v) is 11.1. The number of Topliss-reactive ketones (excluding diaryl/α,β-unsaturated/α-hetero) is 2. The number of carboxylic acids is 1. The fourth-order valence-electron chi connectivity index (χ4n) is 4.73. The Kier molecular flexibility index (Phi) is 13.1. The van der Waals surface area contributed by atoms with Gasteiger partial charge in [0.15, 0.2) is 6.10 Å². The maximum Gasteiger partial charge on any atom is 0.380 e. The Morgan fingerprint density at radius 2 is 1.76 bits per heavy atom. The second kappa shape index (κ2) is 16.2. The number of ketones is 2. The summed E-state index contributed by atoms with van der Waals surface area (Å²) in [6.07, 6.45) is 14.9. The Morgan fingerprint density at radius 1 is 1.07 bits per heavy atom. The van der Waals surface area contributed by atoms with Gasteiger partial charge in [0.1, 0.15) is 12.0 Å². The van der Waals surface area contributed by atoms with Crippen LogP contribution in [0.3, 0.4) is 0 Å². The van der Waals surface area contributed by atoms with Gasteiger partial charge < -0.3 is 20.0 Å².